The number of aliphatic hydroxyl groups excluding tert-OH is 1. The summed E-state index contributed by atoms with van der Waals surface area (Å²) in [6.07, 6.45) is 3.46. The maximum Gasteiger partial charge on any atom is 0.120 e. The van der Waals surface area contributed by atoms with Crippen molar-refractivity contribution in [2.24, 2.45) is 0 Å². The van der Waals surface area contributed by atoms with Crippen LogP contribution in [0.25, 0.3) is 0 Å². The summed E-state index contributed by atoms with van der Waals surface area (Å²) in [5, 5.41) is 17.5. The van der Waals surface area contributed by atoms with Crippen LogP contribution in [0.3, 0.4) is 0 Å². The Morgan fingerprint density at radius 3 is 3.00 bits per heavy atom. The van der Waals surface area contributed by atoms with Gasteiger partial charge < -0.3 is 9.67 Å². The highest BCUT2D eigenvalue weighted by Crippen LogP contribution is 2.08. The highest BCUT2D eigenvalue weighted by Gasteiger charge is 2.02. The molecule has 0 aliphatic carbocycles. The Hall–Kier alpha value is -1.24. The number of rotatable bonds is 3. The number of hydrogen-bond acceptors (Lipinski definition) is 2. The van der Waals surface area contributed by atoms with Crippen LogP contribution in [-0.4, -0.2) is 9.67 Å². The van der Waals surface area contributed by atoms with E-state index in [1.54, 1.807) is 22.9 Å². The Labute approximate surface area is 81.5 Å². The van der Waals surface area contributed by atoms with Crippen LogP contribution in [0.2, 0.25) is 0 Å². The van der Waals surface area contributed by atoms with Crippen molar-refractivity contribution in [3.63, 3.8) is 0 Å². The molecule has 0 saturated carbocycles. The highest BCUT2D eigenvalue weighted by molar-refractivity contribution is 6.25. The average molecular weight is 197 g/mol. The largest absolute Gasteiger partial charge is 0.392 e. The molecule has 13 heavy (non-hydrogen) atoms. The van der Waals surface area contributed by atoms with Crippen LogP contribution in [0.1, 0.15) is 11.3 Å². The van der Waals surface area contributed by atoms with Crippen molar-refractivity contribution in [1.29, 1.82) is 5.26 Å². The summed E-state index contributed by atoms with van der Waals surface area (Å²) < 4.78 is 1.73. The van der Waals surface area contributed by atoms with Gasteiger partial charge in [0.05, 0.1) is 6.61 Å². The van der Waals surface area contributed by atoms with Gasteiger partial charge in [0.25, 0.3) is 0 Å². The monoisotopic (exact) mass is 196 g/mol. The number of nitrogens with zero attached hydrogens (tertiary/aromatic N) is 2. The first-order valence-corrected chi connectivity index (χ1v) is 4.20. The topological polar surface area (TPSA) is 48.9 Å². The van der Waals surface area contributed by atoms with Gasteiger partial charge in [-0.1, -0.05) is 17.7 Å². The van der Waals surface area contributed by atoms with E-state index >= 15 is 0 Å². The van der Waals surface area contributed by atoms with Gasteiger partial charge in [0.2, 0.25) is 0 Å². The number of hydrogen-bond donors (Lipinski definition) is 1. The molecule has 68 valence electrons. The van der Waals surface area contributed by atoms with Crippen LogP contribution in [-0.2, 0) is 13.2 Å². The number of nitriles is 1. The summed E-state index contributed by atoms with van der Waals surface area (Å²) in [4.78, 5) is 0. The lowest BCUT2D eigenvalue weighted by atomic mass is 10.3. The third-order valence-electron chi connectivity index (χ3n) is 1.64. The van der Waals surface area contributed by atoms with Gasteiger partial charge in [-0.15, -0.1) is 0 Å². The normalized spacial score (nSPS) is 10.5. The van der Waals surface area contributed by atoms with Gasteiger partial charge in [0.15, 0.2) is 0 Å². The molecule has 0 aliphatic heterocycles. The van der Waals surface area contributed by atoms with Gasteiger partial charge in [-0.25, -0.2) is 0 Å². The van der Waals surface area contributed by atoms with Crippen LogP contribution in [0.15, 0.2) is 23.9 Å². The maximum atomic E-state index is 8.83. The van der Waals surface area contributed by atoms with Crippen molar-refractivity contribution in [2.75, 3.05) is 0 Å². The summed E-state index contributed by atoms with van der Waals surface area (Å²) in [5.41, 5.74) is 2.66. The molecule has 0 spiro atoms. The van der Waals surface area contributed by atoms with E-state index in [9.17, 15) is 0 Å². The Morgan fingerprint density at radius 2 is 2.46 bits per heavy atom. The quantitative estimate of drug-likeness (QED) is 0.799. The fraction of sp³-hybridized carbons (Fsp3) is 0.222. The standard InChI is InChI=1S/C9H9ClN2O/c10-2-1-3-12-6-8(7-13)4-9(12)5-11/h1-2,4,6,13H,3,7H2/b2-1+. The number of allylic oxidation sites excluding steroid dienone is 1. The first-order chi connectivity index (χ1) is 6.31. The maximum absolute atomic E-state index is 8.83. The molecule has 0 amide bonds. The van der Waals surface area contributed by atoms with Crippen molar-refractivity contribution in [1.82, 2.24) is 4.57 Å². The lowest BCUT2D eigenvalue weighted by Gasteiger charge is -1.97. The van der Waals surface area contributed by atoms with E-state index in [1.807, 2.05) is 6.07 Å². The van der Waals surface area contributed by atoms with Crippen molar-refractivity contribution in [3.8, 4) is 6.07 Å². The second-order valence-corrected chi connectivity index (χ2v) is 2.77. The minimum Gasteiger partial charge on any atom is -0.392 e. The second kappa shape index (κ2) is 4.70. The average Bonchev–Trinajstić information content (AvgIpc) is 2.57. The van der Waals surface area contributed by atoms with Crippen molar-refractivity contribution in [2.45, 2.75) is 13.2 Å². The third-order valence-corrected chi connectivity index (χ3v) is 1.82. The zero-order valence-corrected chi connectivity index (χ0v) is 7.70. The van der Waals surface area contributed by atoms with Crippen LogP contribution in [0.5, 0.6) is 0 Å². The molecular formula is C9H9ClN2O. The minimum absolute atomic E-state index is 0.0493. The predicted octanol–water partition coefficient (Wildman–Crippen LogP) is 1.60. The van der Waals surface area contributed by atoms with Gasteiger partial charge in [-0.3, -0.25) is 0 Å². The third kappa shape index (κ3) is 2.35. The van der Waals surface area contributed by atoms with E-state index in [0.29, 0.717) is 12.2 Å². The van der Waals surface area contributed by atoms with E-state index in [0.717, 1.165) is 5.56 Å². The first-order valence-electron chi connectivity index (χ1n) is 3.77. The Morgan fingerprint density at radius 1 is 1.69 bits per heavy atom. The number of aliphatic hydroxyl groups is 1. The van der Waals surface area contributed by atoms with Gasteiger partial charge in [-0.05, 0) is 11.6 Å². The second-order valence-electron chi connectivity index (χ2n) is 2.52. The van der Waals surface area contributed by atoms with Crippen molar-refractivity contribution >= 4 is 11.6 Å². The lowest BCUT2D eigenvalue weighted by Crippen LogP contribution is -1.95. The van der Waals surface area contributed by atoms with Gasteiger partial charge in [0, 0.05) is 18.3 Å². The van der Waals surface area contributed by atoms with Crippen molar-refractivity contribution < 1.29 is 5.11 Å². The molecule has 0 fully saturated rings. The van der Waals surface area contributed by atoms with Gasteiger partial charge in [-0.2, -0.15) is 5.26 Å². The molecule has 1 rings (SSSR count). The molecule has 0 bridgehead atoms. The molecule has 1 N–H and O–H groups in total. The number of aromatic nitrogens is 1. The van der Waals surface area contributed by atoms with Crippen LogP contribution in [0.4, 0.5) is 0 Å². The molecule has 4 heteroatoms. The Bertz CT molecular complexity index is 349. The number of halogens is 1. The molecule has 0 radical (unpaired) electrons. The van der Waals surface area contributed by atoms with Crippen LogP contribution in [0, 0.1) is 11.3 Å². The molecule has 1 heterocycles. The zero-order valence-electron chi connectivity index (χ0n) is 6.94. The summed E-state index contributed by atoms with van der Waals surface area (Å²) in [7, 11) is 0. The molecule has 0 atom stereocenters. The molecule has 0 saturated heterocycles. The SMILES string of the molecule is N#Cc1cc(CO)cn1C/C=C/Cl. The minimum atomic E-state index is -0.0493. The van der Waals surface area contributed by atoms with E-state index < -0.39 is 0 Å². The van der Waals surface area contributed by atoms with Gasteiger partial charge >= 0.3 is 0 Å². The summed E-state index contributed by atoms with van der Waals surface area (Å²) >= 11 is 5.36. The fourth-order valence-electron chi connectivity index (χ4n) is 1.05. The summed E-state index contributed by atoms with van der Waals surface area (Å²) in [6.45, 7) is 0.499. The van der Waals surface area contributed by atoms with Gasteiger partial charge in [0.1, 0.15) is 11.8 Å². The summed E-state index contributed by atoms with van der Waals surface area (Å²) in [6, 6.07) is 3.69. The Balaban J connectivity index is 2.92. The molecule has 1 aromatic rings. The highest BCUT2D eigenvalue weighted by atomic mass is 35.5. The van der Waals surface area contributed by atoms with Crippen LogP contribution < -0.4 is 0 Å². The predicted molar refractivity (Wildman–Crippen MR) is 50.1 cm³/mol. The molecule has 0 aliphatic rings. The van der Waals surface area contributed by atoms with Crippen LogP contribution >= 0.6 is 11.6 Å². The molecule has 0 unspecified atom stereocenters. The Kier molecular flexibility index (Phi) is 3.56. The smallest absolute Gasteiger partial charge is 0.120 e. The fourth-order valence-corrected chi connectivity index (χ4v) is 1.13. The first kappa shape index (κ1) is 9.85. The zero-order chi connectivity index (χ0) is 9.68. The van der Waals surface area contributed by atoms with E-state index in [-0.39, 0.29) is 6.61 Å². The van der Waals surface area contributed by atoms with Crippen molar-refractivity contribution in [3.05, 3.63) is 35.1 Å². The van der Waals surface area contributed by atoms with E-state index in [1.165, 1.54) is 5.54 Å². The molecular weight excluding hydrogens is 188 g/mol. The van der Waals surface area contributed by atoms with E-state index in [2.05, 4.69) is 0 Å². The lowest BCUT2D eigenvalue weighted by molar-refractivity contribution is 0.282. The molecule has 1 aromatic heterocycles. The molecule has 3 nitrogen and oxygen atoms in total. The summed E-state index contributed by atoms with van der Waals surface area (Å²) in [5.74, 6) is 0. The van der Waals surface area contributed by atoms with E-state index in [4.69, 9.17) is 22.0 Å². The molecule has 0 aromatic carbocycles.